The monoisotopic (exact) mass is 271 g/mol. The van der Waals surface area contributed by atoms with Crippen LogP contribution in [0.15, 0.2) is 10.5 Å². The van der Waals surface area contributed by atoms with Crippen molar-refractivity contribution in [2.75, 3.05) is 13.7 Å². The molecule has 2 N–H and O–H groups in total. The first-order valence-corrected chi connectivity index (χ1v) is 5.39. The summed E-state index contributed by atoms with van der Waals surface area (Å²) >= 11 is 3.42. The van der Waals surface area contributed by atoms with Crippen LogP contribution >= 0.6 is 15.9 Å². The number of benzene rings is 1. The summed E-state index contributed by atoms with van der Waals surface area (Å²) in [6.07, 6.45) is 0. The molecule has 0 saturated heterocycles. The van der Waals surface area contributed by atoms with Gasteiger partial charge >= 0.3 is 0 Å². The van der Waals surface area contributed by atoms with Gasteiger partial charge in [0.2, 0.25) is 0 Å². The van der Waals surface area contributed by atoms with Gasteiger partial charge in [-0.2, -0.15) is 0 Å². The van der Waals surface area contributed by atoms with Gasteiger partial charge in [0, 0.05) is 5.56 Å². The number of ketones is 1. The Labute approximate surface area is 97.7 Å². The number of ether oxygens (including phenoxy) is 1. The first-order valence-electron chi connectivity index (χ1n) is 4.59. The molecule has 0 atom stereocenters. The van der Waals surface area contributed by atoms with Crippen molar-refractivity contribution in [1.29, 1.82) is 0 Å². The first-order chi connectivity index (χ1) is 7.02. The molecule has 0 unspecified atom stereocenters. The van der Waals surface area contributed by atoms with Crippen LogP contribution in [0.2, 0.25) is 0 Å². The summed E-state index contributed by atoms with van der Waals surface area (Å²) in [5.41, 5.74) is 7.79. The van der Waals surface area contributed by atoms with Gasteiger partial charge in [-0.05, 0) is 47.0 Å². The summed E-state index contributed by atoms with van der Waals surface area (Å²) in [5.74, 6) is 0.708. The highest BCUT2D eigenvalue weighted by Crippen LogP contribution is 2.34. The van der Waals surface area contributed by atoms with Gasteiger partial charge in [-0.3, -0.25) is 4.79 Å². The number of halogens is 1. The molecular formula is C11H14BrNO2. The molecule has 0 aliphatic carbocycles. The molecular weight excluding hydrogens is 258 g/mol. The van der Waals surface area contributed by atoms with Crippen LogP contribution in [0.1, 0.15) is 21.5 Å². The predicted molar refractivity (Wildman–Crippen MR) is 63.6 cm³/mol. The SMILES string of the molecule is COc1c(C)cc(C(=O)CN)c(C)c1Br. The highest BCUT2D eigenvalue weighted by atomic mass is 79.9. The summed E-state index contributed by atoms with van der Waals surface area (Å²) in [7, 11) is 1.61. The Balaban J connectivity index is 3.40. The van der Waals surface area contributed by atoms with Crippen molar-refractivity contribution in [2.45, 2.75) is 13.8 Å². The van der Waals surface area contributed by atoms with E-state index in [-0.39, 0.29) is 12.3 Å². The van der Waals surface area contributed by atoms with E-state index in [2.05, 4.69) is 15.9 Å². The third-order valence-electron chi connectivity index (χ3n) is 2.34. The number of nitrogens with two attached hydrogens (primary N) is 1. The summed E-state index contributed by atoms with van der Waals surface area (Å²) in [6.45, 7) is 3.80. The second kappa shape index (κ2) is 4.77. The molecule has 0 amide bonds. The zero-order valence-corrected chi connectivity index (χ0v) is 10.6. The van der Waals surface area contributed by atoms with Crippen LogP contribution in [0.5, 0.6) is 5.75 Å². The Hall–Kier alpha value is -0.870. The standard InChI is InChI=1S/C11H14BrNO2/c1-6-4-8(9(14)5-13)7(2)10(12)11(6)15-3/h4H,5,13H2,1-3H3. The predicted octanol–water partition coefficient (Wildman–Crippen LogP) is 2.22. The molecule has 0 heterocycles. The molecule has 0 aliphatic rings. The van der Waals surface area contributed by atoms with Gasteiger partial charge in [0.15, 0.2) is 5.78 Å². The summed E-state index contributed by atoms with van der Waals surface area (Å²) < 4.78 is 6.06. The summed E-state index contributed by atoms with van der Waals surface area (Å²) in [5, 5.41) is 0. The van der Waals surface area contributed by atoms with E-state index in [0.29, 0.717) is 5.56 Å². The Bertz CT molecular complexity index is 402. The van der Waals surface area contributed by atoms with E-state index in [1.165, 1.54) is 0 Å². The number of hydrogen-bond acceptors (Lipinski definition) is 3. The molecule has 1 aromatic rings. The highest BCUT2D eigenvalue weighted by Gasteiger charge is 2.15. The van der Waals surface area contributed by atoms with Crippen molar-refractivity contribution < 1.29 is 9.53 Å². The molecule has 0 fully saturated rings. The lowest BCUT2D eigenvalue weighted by Gasteiger charge is -2.13. The molecule has 0 aliphatic heterocycles. The normalized spacial score (nSPS) is 10.2. The summed E-state index contributed by atoms with van der Waals surface area (Å²) in [4.78, 5) is 11.6. The Morgan fingerprint density at radius 1 is 1.53 bits per heavy atom. The van der Waals surface area contributed by atoms with Gasteiger partial charge in [0.1, 0.15) is 5.75 Å². The number of rotatable bonds is 3. The van der Waals surface area contributed by atoms with E-state index in [9.17, 15) is 4.79 Å². The number of Topliss-reactive ketones (excluding diaryl/α,β-unsaturated/α-hetero) is 1. The number of carbonyl (C=O) groups excluding carboxylic acids is 1. The van der Waals surface area contributed by atoms with Gasteiger partial charge in [0.25, 0.3) is 0 Å². The second-order valence-electron chi connectivity index (χ2n) is 3.34. The minimum Gasteiger partial charge on any atom is -0.495 e. The third kappa shape index (κ3) is 2.21. The number of aryl methyl sites for hydroxylation is 1. The molecule has 4 heteroatoms. The van der Waals surface area contributed by atoms with Crippen LogP contribution in [-0.2, 0) is 0 Å². The molecule has 15 heavy (non-hydrogen) atoms. The van der Waals surface area contributed by atoms with Crippen molar-refractivity contribution in [1.82, 2.24) is 0 Å². The smallest absolute Gasteiger partial charge is 0.176 e. The largest absolute Gasteiger partial charge is 0.495 e. The molecule has 0 saturated carbocycles. The van der Waals surface area contributed by atoms with E-state index in [1.807, 2.05) is 19.9 Å². The summed E-state index contributed by atoms with van der Waals surface area (Å²) in [6, 6.07) is 1.81. The van der Waals surface area contributed by atoms with Crippen molar-refractivity contribution in [3.05, 3.63) is 27.2 Å². The van der Waals surface area contributed by atoms with Crippen LogP contribution < -0.4 is 10.5 Å². The lowest BCUT2D eigenvalue weighted by molar-refractivity contribution is 0.100. The van der Waals surface area contributed by atoms with Crippen molar-refractivity contribution in [2.24, 2.45) is 5.73 Å². The van der Waals surface area contributed by atoms with E-state index in [1.54, 1.807) is 7.11 Å². The first kappa shape index (κ1) is 12.2. The van der Waals surface area contributed by atoms with Gasteiger partial charge < -0.3 is 10.5 Å². The fourth-order valence-corrected chi connectivity index (χ4v) is 2.19. The van der Waals surface area contributed by atoms with E-state index >= 15 is 0 Å². The zero-order chi connectivity index (χ0) is 11.6. The Morgan fingerprint density at radius 2 is 2.13 bits per heavy atom. The van der Waals surface area contributed by atoms with Gasteiger partial charge in [-0.25, -0.2) is 0 Å². The average Bonchev–Trinajstić information content (AvgIpc) is 2.23. The molecule has 1 aromatic carbocycles. The van der Waals surface area contributed by atoms with Crippen molar-refractivity contribution in [3.8, 4) is 5.75 Å². The Morgan fingerprint density at radius 3 is 2.60 bits per heavy atom. The topological polar surface area (TPSA) is 52.3 Å². The molecule has 3 nitrogen and oxygen atoms in total. The molecule has 0 radical (unpaired) electrons. The lowest BCUT2D eigenvalue weighted by Crippen LogP contribution is -2.15. The maximum atomic E-state index is 11.6. The molecule has 82 valence electrons. The third-order valence-corrected chi connectivity index (χ3v) is 3.30. The zero-order valence-electron chi connectivity index (χ0n) is 9.06. The lowest BCUT2D eigenvalue weighted by atomic mass is 10.0. The van der Waals surface area contributed by atoms with E-state index in [4.69, 9.17) is 10.5 Å². The van der Waals surface area contributed by atoms with Gasteiger partial charge in [0.05, 0.1) is 18.1 Å². The molecule has 0 aromatic heterocycles. The molecule has 0 bridgehead atoms. The number of carbonyl (C=O) groups is 1. The molecule has 0 spiro atoms. The number of hydrogen-bond donors (Lipinski definition) is 1. The fourth-order valence-electron chi connectivity index (χ4n) is 1.50. The van der Waals surface area contributed by atoms with Crippen LogP contribution in [0.3, 0.4) is 0 Å². The van der Waals surface area contributed by atoms with Crippen molar-refractivity contribution in [3.63, 3.8) is 0 Å². The van der Waals surface area contributed by atoms with Crippen LogP contribution in [0, 0.1) is 13.8 Å². The van der Waals surface area contributed by atoms with Crippen LogP contribution in [0.4, 0.5) is 0 Å². The van der Waals surface area contributed by atoms with Crippen molar-refractivity contribution >= 4 is 21.7 Å². The van der Waals surface area contributed by atoms with Crippen LogP contribution in [0.25, 0.3) is 0 Å². The second-order valence-corrected chi connectivity index (χ2v) is 4.13. The van der Waals surface area contributed by atoms with Crippen LogP contribution in [-0.4, -0.2) is 19.4 Å². The fraction of sp³-hybridized carbons (Fsp3) is 0.364. The minimum atomic E-state index is -0.0565. The molecule has 1 rings (SSSR count). The van der Waals surface area contributed by atoms with Gasteiger partial charge in [-0.15, -0.1) is 0 Å². The quantitative estimate of drug-likeness (QED) is 0.858. The number of methoxy groups -OCH3 is 1. The van der Waals surface area contributed by atoms with E-state index < -0.39 is 0 Å². The highest BCUT2D eigenvalue weighted by molar-refractivity contribution is 9.10. The minimum absolute atomic E-state index is 0.0268. The van der Waals surface area contributed by atoms with E-state index in [0.717, 1.165) is 21.3 Å². The Kier molecular flexibility index (Phi) is 3.88. The maximum Gasteiger partial charge on any atom is 0.176 e. The van der Waals surface area contributed by atoms with Gasteiger partial charge in [-0.1, -0.05) is 0 Å². The average molecular weight is 272 g/mol. The maximum absolute atomic E-state index is 11.6.